The molecule has 1 N–H and O–H groups in total. The smallest absolute Gasteiger partial charge is 0.416 e. The third-order valence-electron chi connectivity index (χ3n) is 5.89. The lowest BCUT2D eigenvalue weighted by Gasteiger charge is -2.36. The lowest BCUT2D eigenvalue weighted by Crippen LogP contribution is -2.43. The average Bonchev–Trinajstić information content (AvgIpc) is 2.87. The molecule has 0 unspecified atom stereocenters. The summed E-state index contributed by atoms with van der Waals surface area (Å²) in [7, 11) is -4.57. The molecule has 1 aliphatic heterocycles. The molecule has 0 saturated heterocycles. The summed E-state index contributed by atoms with van der Waals surface area (Å²) in [6.07, 6.45) is -6.02. The number of carboxylic acids is 1. The molecule has 0 aliphatic carbocycles. The summed E-state index contributed by atoms with van der Waals surface area (Å²) in [6.45, 7) is 1.56. The summed E-state index contributed by atoms with van der Waals surface area (Å²) in [4.78, 5) is 10.5. The van der Waals surface area contributed by atoms with Crippen LogP contribution in [0.5, 0.6) is 11.5 Å². The Kier molecular flexibility index (Phi) is 7.54. The van der Waals surface area contributed by atoms with Crippen molar-refractivity contribution in [1.82, 2.24) is 0 Å². The molecule has 0 spiro atoms. The van der Waals surface area contributed by atoms with Gasteiger partial charge in [-0.05, 0) is 55.3 Å². The minimum Gasteiger partial charge on any atom is -0.491 e. The van der Waals surface area contributed by atoms with E-state index in [-0.39, 0.29) is 54.3 Å². The topological polar surface area (TPSA) is 93.1 Å². The molecular weight excluding hydrogens is 530 g/mol. The van der Waals surface area contributed by atoms with Crippen LogP contribution in [-0.4, -0.2) is 38.7 Å². The van der Waals surface area contributed by atoms with Crippen LogP contribution in [0.1, 0.15) is 25.3 Å². The first kappa shape index (κ1) is 27.2. The number of fused-ring (bicyclic) bond motifs is 1. The lowest BCUT2D eigenvalue weighted by atomic mass is 10.0. The summed E-state index contributed by atoms with van der Waals surface area (Å²) < 4.78 is 94.4. The normalized spacial score (nSPS) is 15.5. The van der Waals surface area contributed by atoms with Crippen molar-refractivity contribution in [3.8, 4) is 22.6 Å². The number of carboxylic acid groups (broad SMARTS) is 1. The number of aliphatic carboxylic acids is 1. The van der Waals surface area contributed by atoms with E-state index in [1.165, 1.54) is 30.3 Å². The molecule has 0 radical (unpaired) electrons. The van der Waals surface area contributed by atoms with Crippen LogP contribution in [0.2, 0.25) is 0 Å². The fraction of sp³-hybridized carbons (Fsp3) is 0.269. The molecule has 1 heterocycles. The number of anilines is 1. The summed E-state index contributed by atoms with van der Waals surface area (Å²) in [5, 5.41) is 9.06. The average molecular weight is 554 g/mol. The third-order valence-corrected chi connectivity index (χ3v) is 7.67. The number of alkyl halides is 3. The molecule has 1 atom stereocenters. The van der Waals surface area contributed by atoms with Gasteiger partial charge < -0.3 is 14.6 Å². The Hall–Kier alpha value is -3.80. The highest BCUT2D eigenvalue weighted by atomic mass is 32.2. The van der Waals surface area contributed by atoms with Crippen LogP contribution in [0, 0.1) is 5.82 Å². The summed E-state index contributed by atoms with van der Waals surface area (Å²) in [5.74, 6) is -1.72. The predicted octanol–water partition coefficient (Wildman–Crippen LogP) is 5.73. The van der Waals surface area contributed by atoms with Gasteiger partial charge in [-0.25, -0.2) is 12.8 Å². The first-order chi connectivity index (χ1) is 17.9. The second kappa shape index (κ2) is 10.5. The monoisotopic (exact) mass is 553 g/mol. The summed E-state index contributed by atoms with van der Waals surface area (Å²) in [6, 6.07) is 12.1. The van der Waals surface area contributed by atoms with E-state index in [0.29, 0.717) is 6.07 Å². The van der Waals surface area contributed by atoms with Gasteiger partial charge in [0.1, 0.15) is 11.9 Å². The van der Waals surface area contributed by atoms with Crippen LogP contribution in [0.3, 0.4) is 0 Å². The molecule has 7 nitrogen and oxygen atoms in total. The van der Waals surface area contributed by atoms with E-state index < -0.39 is 44.5 Å². The molecule has 202 valence electrons. The van der Waals surface area contributed by atoms with Crippen molar-refractivity contribution in [2.24, 2.45) is 0 Å². The third kappa shape index (κ3) is 5.54. The Balaban J connectivity index is 1.83. The van der Waals surface area contributed by atoms with Crippen LogP contribution in [0.15, 0.2) is 65.6 Å². The van der Waals surface area contributed by atoms with Crippen LogP contribution >= 0.6 is 0 Å². The number of nitrogens with zero attached hydrogens (tertiary/aromatic N) is 1. The minimum atomic E-state index is -4.77. The number of hydrogen-bond acceptors (Lipinski definition) is 5. The zero-order valence-electron chi connectivity index (χ0n) is 20.0. The van der Waals surface area contributed by atoms with Gasteiger partial charge >= 0.3 is 12.1 Å². The molecule has 0 saturated carbocycles. The lowest BCUT2D eigenvalue weighted by molar-refractivity contribution is -0.138. The largest absolute Gasteiger partial charge is 0.491 e. The Bertz CT molecular complexity index is 1460. The second-order valence-electron chi connectivity index (χ2n) is 8.47. The van der Waals surface area contributed by atoms with E-state index in [4.69, 9.17) is 14.6 Å². The Morgan fingerprint density at radius 3 is 2.55 bits per heavy atom. The fourth-order valence-electron chi connectivity index (χ4n) is 4.10. The molecular formula is C26H23F4NO6S. The van der Waals surface area contributed by atoms with Crippen molar-refractivity contribution in [2.75, 3.05) is 17.5 Å². The highest BCUT2D eigenvalue weighted by molar-refractivity contribution is 7.92. The van der Waals surface area contributed by atoms with E-state index in [0.717, 1.165) is 22.5 Å². The van der Waals surface area contributed by atoms with Crippen LogP contribution in [-0.2, 0) is 21.0 Å². The van der Waals surface area contributed by atoms with Gasteiger partial charge in [0.25, 0.3) is 10.0 Å². The van der Waals surface area contributed by atoms with Crippen LogP contribution in [0.25, 0.3) is 11.1 Å². The number of sulfonamides is 1. The number of hydrogen-bond donors (Lipinski definition) is 1. The molecule has 0 amide bonds. The molecule has 1 aliphatic rings. The predicted molar refractivity (Wildman–Crippen MR) is 130 cm³/mol. The summed E-state index contributed by atoms with van der Waals surface area (Å²) >= 11 is 0. The van der Waals surface area contributed by atoms with Gasteiger partial charge in [0.15, 0.2) is 11.6 Å². The summed E-state index contributed by atoms with van der Waals surface area (Å²) in [5.41, 5.74) is -0.770. The number of rotatable bonds is 8. The van der Waals surface area contributed by atoms with Crippen molar-refractivity contribution in [2.45, 2.75) is 36.9 Å². The Labute approximate surface area is 216 Å². The Morgan fingerprint density at radius 1 is 1.13 bits per heavy atom. The molecule has 3 aromatic carbocycles. The zero-order valence-corrected chi connectivity index (χ0v) is 20.9. The van der Waals surface area contributed by atoms with Gasteiger partial charge in [-0.2, -0.15) is 13.2 Å². The number of benzene rings is 3. The van der Waals surface area contributed by atoms with Gasteiger partial charge in [-0.3, -0.25) is 9.10 Å². The Morgan fingerprint density at radius 2 is 1.87 bits per heavy atom. The van der Waals surface area contributed by atoms with Crippen molar-refractivity contribution in [3.05, 3.63) is 72.0 Å². The fourth-order valence-corrected chi connectivity index (χ4v) is 5.65. The van der Waals surface area contributed by atoms with Crippen molar-refractivity contribution in [1.29, 1.82) is 0 Å². The molecule has 12 heteroatoms. The number of carbonyl (C=O) groups is 1. The van der Waals surface area contributed by atoms with Crippen molar-refractivity contribution in [3.63, 3.8) is 0 Å². The van der Waals surface area contributed by atoms with Crippen LogP contribution in [0.4, 0.5) is 23.2 Å². The van der Waals surface area contributed by atoms with Gasteiger partial charge in [0, 0.05) is 12.0 Å². The maximum Gasteiger partial charge on any atom is 0.416 e. The number of ether oxygens (including phenoxy) is 2. The van der Waals surface area contributed by atoms with E-state index in [1.807, 2.05) is 0 Å². The molecule has 4 rings (SSSR count). The van der Waals surface area contributed by atoms with Gasteiger partial charge in [0.2, 0.25) is 0 Å². The maximum absolute atomic E-state index is 15.1. The number of halogens is 4. The second-order valence-corrected chi connectivity index (χ2v) is 10.3. The SMILES string of the molecule is CCOc1cccc(-c2ccc3c(c2)N(S(=O)(=O)c2cccc(C(F)(F)F)c2)C[C@H](CCC(=O)O)O3)c1F. The molecule has 3 aromatic rings. The molecule has 0 bridgehead atoms. The molecule has 38 heavy (non-hydrogen) atoms. The minimum absolute atomic E-state index is 0.00106. The van der Waals surface area contributed by atoms with E-state index in [2.05, 4.69) is 0 Å². The van der Waals surface area contributed by atoms with Crippen LogP contribution < -0.4 is 13.8 Å². The zero-order chi connectivity index (χ0) is 27.7. The van der Waals surface area contributed by atoms with Crippen molar-refractivity contribution < 1.29 is 45.4 Å². The molecule has 0 aromatic heterocycles. The van der Waals surface area contributed by atoms with Gasteiger partial charge in [-0.1, -0.05) is 24.3 Å². The first-order valence-corrected chi connectivity index (χ1v) is 13.0. The van der Waals surface area contributed by atoms with E-state index in [9.17, 15) is 26.4 Å². The van der Waals surface area contributed by atoms with Gasteiger partial charge in [0.05, 0.1) is 29.3 Å². The maximum atomic E-state index is 15.1. The van der Waals surface area contributed by atoms with Gasteiger partial charge in [-0.15, -0.1) is 0 Å². The van der Waals surface area contributed by atoms with E-state index in [1.54, 1.807) is 13.0 Å². The highest BCUT2D eigenvalue weighted by Gasteiger charge is 2.37. The quantitative estimate of drug-likeness (QED) is 0.358. The first-order valence-electron chi connectivity index (χ1n) is 11.6. The standard InChI is InChI=1S/C26H23F4NO6S/c1-2-36-23-8-4-7-20(25(23)27)16-9-11-22-21(13-16)31(15-18(37-22)10-12-24(32)33)38(34,35)19-6-3-5-17(14-19)26(28,29)30/h3-9,11,13-14,18H,2,10,12,15H2,1H3,(H,32,33)/t18-/m0/s1. The van der Waals surface area contributed by atoms with Crippen molar-refractivity contribution >= 4 is 21.7 Å². The molecule has 0 fully saturated rings. The highest BCUT2D eigenvalue weighted by Crippen LogP contribution is 2.42. The van der Waals surface area contributed by atoms with E-state index >= 15 is 4.39 Å².